The summed E-state index contributed by atoms with van der Waals surface area (Å²) in [6, 6.07) is 2.28. The van der Waals surface area contributed by atoms with Crippen LogP contribution in [0.25, 0.3) is 0 Å². The van der Waals surface area contributed by atoms with Crippen LogP contribution in [-0.4, -0.2) is 17.7 Å². The van der Waals surface area contributed by atoms with E-state index in [1.165, 1.54) is 13.8 Å². The summed E-state index contributed by atoms with van der Waals surface area (Å²) in [5, 5.41) is 8.87. The van der Waals surface area contributed by atoms with Gasteiger partial charge in [-0.15, -0.1) is 0 Å². The first-order chi connectivity index (χ1) is 7.41. The quantitative estimate of drug-likeness (QED) is 0.677. The van der Waals surface area contributed by atoms with E-state index in [4.69, 9.17) is 10.00 Å². The van der Waals surface area contributed by atoms with Crippen LogP contribution in [-0.2, 0) is 9.53 Å². The molecule has 0 N–H and O–H groups in total. The van der Waals surface area contributed by atoms with Gasteiger partial charge in [-0.3, -0.25) is 0 Å². The van der Waals surface area contributed by atoms with E-state index in [0.29, 0.717) is 5.92 Å². The zero-order valence-electron chi connectivity index (χ0n) is 9.57. The van der Waals surface area contributed by atoms with Gasteiger partial charge in [0.25, 0.3) is 0 Å². The van der Waals surface area contributed by atoms with E-state index in [-0.39, 0.29) is 17.9 Å². The fraction of sp³-hybridized carbons (Fsp3) is 0.833. The van der Waals surface area contributed by atoms with E-state index >= 15 is 0 Å². The van der Waals surface area contributed by atoms with Gasteiger partial charge in [0.1, 0.15) is 6.10 Å². The number of nitriles is 1. The highest BCUT2D eigenvalue weighted by molar-refractivity contribution is 5.78. The molecule has 4 unspecified atom stereocenters. The van der Waals surface area contributed by atoms with E-state index in [1.807, 2.05) is 0 Å². The second kappa shape index (κ2) is 3.73. The first-order valence-corrected chi connectivity index (χ1v) is 5.71. The maximum atomic E-state index is 13.3. The van der Waals surface area contributed by atoms with Crippen molar-refractivity contribution in [1.29, 1.82) is 5.26 Å². The van der Waals surface area contributed by atoms with Gasteiger partial charge in [-0.05, 0) is 44.9 Å². The Morgan fingerprint density at radius 2 is 2.06 bits per heavy atom. The lowest BCUT2D eigenvalue weighted by molar-refractivity contribution is -0.163. The molecule has 2 aliphatic rings. The predicted molar refractivity (Wildman–Crippen MR) is 55.0 cm³/mol. The summed E-state index contributed by atoms with van der Waals surface area (Å²) in [4.78, 5) is 11.4. The molecule has 2 aliphatic carbocycles. The Morgan fingerprint density at radius 3 is 2.50 bits per heavy atom. The average Bonchev–Trinajstić information content (AvgIpc) is 2.74. The smallest absolute Gasteiger partial charge is 0.343 e. The van der Waals surface area contributed by atoms with Crippen LogP contribution in [0.15, 0.2) is 0 Å². The molecule has 16 heavy (non-hydrogen) atoms. The van der Waals surface area contributed by atoms with Gasteiger partial charge in [-0.1, -0.05) is 0 Å². The van der Waals surface area contributed by atoms with E-state index in [0.717, 1.165) is 19.3 Å². The second-order valence-corrected chi connectivity index (χ2v) is 5.38. The third kappa shape index (κ3) is 1.91. The summed E-state index contributed by atoms with van der Waals surface area (Å²) in [5.74, 6) is -0.0617. The number of hydrogen-bond donors (Lipinski definition) is 0. The molecule has 2 saturated carbocycles. The van der Waals surface area contributed by atoms with Crippen molar-refractivity contribution in [3.8, 4) is 6.07 Å². The summed E-state index contributed by atoms with van der Waals surface area (Å²) in [6.45, 7) is 2.42. The normalized spacial score (nSPS) is 37.1. The maximum Gasteiger partial charge on any atom is 0.343 e. The standard InChI is InChI=1S/C12H16FNO2/c1-12(2,13)11(15)16-10-5-7-3-8(10)4-9(7)6-14/h7-10H,3-5H2,1-2H3. The van der Waals surface area contributed by atoms with E-state index in [9.17, 15) is 9.18 Å². The maximum absolute atomic E-state index is 13.3. The van der Waals surface area contributed by atoms with Crippen LogP contribution in [0.2, 0.25) is 0 Å². The molecule has 0 aromatic rings. The van der Waals surface area contributed by atoms with Gasteiger partial charge in [0.2, 0.25) is 5.67 Å². The molecule has 88 valence electrons. The molecule has 0 saturated heterocycles. The zero-order chi connectivity index (χ0) is 11.9. The van der Waals surface area contributed by atoms with E-state index in [2.05, 4.69) is 6.07 Å². The molecular formula is C12H16FNO2. The van der Waals surface area contributed by atoms with Crippen LogP contribution < -0.4 is 0 Å². The number of ether oxygens (including phenoxy) is 1. The highest BCUT2D eigenvalue weighted by Crippen LogP contribution is 2.49. The topological polar surface area (TPSA) is 50.1 Å². The number of fused-ring (bicyclic) bond motifs is 2. The summed E-state index contributed by atoms with van der Waals surface area (Å²) in [6.07, 6.45) is 2.30. The number of alkyl halides is 1. The van der Waals surface area contributed by atoms with Crippen molar-refractivity contribution in [3.63, 3.8) is 0 Å². The third-order valence-electron chi connectivity index (χ3n) is 3.70. The Labute approximate surface area is 94.6 Å². The Bertz CT molecular complexity index is 342. The summed E-state index contributed by atoms with van der Waals surface area (Å²) < 4.78 is 18.5. The van der Waals surface area contributed by atoms with Crippen molar-refractivity contribution in [2.75, 3.05) is 0 Å². The molecule has 0 heterocycles. The van der Waals surface area contributed by atoms with Gasteiger partial charge in [0.05, 0.1) is 6.07 Å². The number of rotatable bonds is 2. The lowest BCUT2D eigenvalue weighted by Crippen LogP contribution is -2.35. The van der Waals surface area contributed by atoms with E-state index < -0.39 is 11.6 Å². The molecule has 0 spiro atoms. The van der Waals surface area contributed by atoms with Crippen LogP contribution in [0.5, 0.6) is 0 Å². The van der Waals surface area contributed by atoms with Crippen LogP contribution in [0.4, 0.5) is 4.39 Å². The molecule has 0 aliphatic heterocycles. The minimum absolute atomic E-state index is 0.110. The molecule has 2 bridgehead atoms. The molecule has 3 nitrogen and oxygen atoms in total. The summed E-state index contributed by atoms with van der Waals surface area (Å²) in [7, 11) is 0. The molecule has 4 atom stereocenters. The molecule has 2 fully saturated rings. The highest BCUT2D eigenvalue weighted by Gasteiger charge is 2.48. The largest absolute Gasteiger partial charge is 0.460 e. The molecule has 0 aromatic heterocycles. The van der Waals surface area contributed by atoms with Gasteiger partial charge in [0, 0.05) is 5.92 Å². The van der Waals surface area contributed by atoms with E-state index in [1.54, 1.807) is 0 Å². The number of hydrogen-bond acceptors (Lipinski definition) is 3. The SMILES string of the molecule is CC(C)(F)C(=O)OC1CC2CC1CC2C#N. The van der Waals surface area contributed by atoms with Crippen molar-refractivity contribution in [2.45, 2.75) is 44.9 Å². The van der Waals surface area contributed by atoms with Gasteiger partial charge in [0.15, 0.2) is 0 Å². The number of carbonyl (C=O) groups is 1. The summed E-state index contributed by atoms with van der Waals surface area (Å²) in [5.41, 5.74) is -1.92. The molecule has 4 heteroatoms. The first kappa shape index (κ1) is 11.4. The Balaban J connectivity index is 1.93. The fourth-order valence-corrected chi connectivity index (χ4v) is 2.80. The lowest BCUT2D eigenvalue weighted by Gasteiger charge is -2.26. The van der Waals surface area contributed by atoms with Crippen molar-refractivity contribution in [3.05, 3.63) is 0 Å². The van der Waals surface area contributed by atoms with Crippen molar-refractivity contribution in [1.82, 2.24) is 0 Å². The van der Waals surface area contributed by atoms with Crippen LogP contribution >= 0.6 is 0 Å². The molecule has 0 aromatic carbocycles. The van der Waals surface area contributed by atoms with Gasteiger partial charge < -0.3 is 4.74 Å². The van der Waals surface area contributed by atoms with Crippen molar-refractivity contribution < 1.29 is 13.9 Å². The molecule has 0 amide bonds. The minimum Gasteiger partial charge on any atom is -0.460 e. The minimum atomic E-state index is -1.92. The molecule has 2 rings (SSSR count). The Hall–Kier alpha value is -1.11. The van der Waals surface area contributed by atoms with Gasteiger partial charge >= 0.3 is 5.97 Å². The highest BCUT2D eigenvalue weighted by atomic mass is 19.1. The number of esters is 1. The van der Waals surface area contributed by atoms with Crippen LogP contribution in [0.3, 0.4) is 0 Å². The van der Waals surface area contributed by atoms with Gasteiger partial charge in [-0.2, -0.15) is 5.26 Å². The van der Waals surface area contributed by atoms with Gasteiger partial charge in [-0.25, -0.2) is 9.18 Å². The zero-order valence-corrected chi connectivity index (χ0v) is 9.57. The second-order valence-electron chi connectivity index (χ2n) is 5.38. The average molecular weight is 225 g/mol. The number of halogens is 1. The lowest BCUT2D eigenvalue weighted by atomic mass is 9.88. The van der Waals surface area contributed by atoms with Crippen LogP contribution in [0, 0.1) is 29.1 Å². The Kier molecular flexibility index (Phi) is 2.65. The van der Waals surface area contributed by atoms with Crippen molar-refractivity contribution in [2.24, 2.45) is 17.8 Å². The van der Waals surface area contributed by atoms with Crippen molar-refractivity contribution >= 4 is 5.97 Å². The molecular weight excluding hydrogens is 209 g/mol. The fourth-order valence-electron chi connectivity index (χ4n) is 2.80. The summed E-state index contributed by atoms with van der Waals surface area (Å²) >= 11 is 0. The third-order valence-corrected chi connectivity index (χ3v) is 3.70. The van der Waals surface area contributed by atoms with Crippen LogP contribution in [0.1, 0.15) is 33.1 Å². The monoisotopic (exact) mass is 225 g/mol. The number of nitrogens with zero attached hydrogens (tertiary/aromatic N) is 1. The first-order valence-electron chi connectivity index (χ1n) is 5.71. The Morgan fingerprint density at radius 1 is 1.38 bits per heavy atom. The molecule has 0 radical (unpaired) electrons. The predicted octanol–water partition coefficient (Wildman–Crippen LogP) is 2.22. The number of carbonyl (C=O) groups excluding carboxylic acids is 1.